The summed E-state index contributed by atoms with van der Waals surface area (Å²) in [5.74, 6) is -4.66. The van der Waals surface area contributed by atoms with Crippen molar-refractivity contribution < 1.29 is 116 Å². The Hall–Kier alpha value is -7.23. The quantitative estimate of drug-likeness (QED) is 0.0180. The smallest absolute Gasteiger partial charge is 0.334 e. The molecule has 8 rings (SSSR count). The van der Waals surface area contributed by atoms with Crippen LogP contribution in [0.5, 0.6) is 0 Å². The largest absolute Gasteiger partial charge is 0.744 e. The van der Waals surface area contributed by atoms with Crippen LogP contribution in [-0.4, -0.2) is 175 Å². The van der Waals surface area contributed by atoms with Gasteiger partial charge < -0.3 is 29.1 Å². The molecular weight excluding hydrogens is 1330 g/mol. The number of anilines is 1. The number of nitrogens with one attached hydrogen (secondary N) is 1. The number of carbonyl (C=O) groups is 4. The lowest BCUT2D eigenvalue weighted by atomic mass is 9.74. The summed E-state index contributed by atoms with van der Waals surface area (Å²) in [5.41, 5.74) is -0.868. The maximum Gasteiger partial charge on any atom is 0.334 e. The van der Waals surface area contributed by atoms with E-state index in [2.05, 4.69) is 5.32 Å². The number of rotatable bonds is 27. The number of carbonyl (C=O) groups excluding carboxylic acids is 4. The van der Waals surface area contributed by atoms with Gasteiger partial charge >= 0.3 is 5.97 Å². The fourth-order valence-corrected chi connectivity index (χ4v) is 15.4. The summed E-state index contributed by atoms with van der Waals surface area (Å²) >= 11 is 0. The van der Waals surface area contributed by atoms with Crippen molar-refractivity contribution in [3.63, 3.8) is 0 Å². The Morgan fingerprint density at radius 3 is 1.75 bits per heavy atom. The molecule has 0 radical (unpaired) electrons. The molecule has 496 valence electrons. The summed E-state index contributed by atoms with van der Waals surface area (Å²) in [6.07, 6.45) is 4.96. The first-order chi connectivity index (χ1) is 42.7. The number of hydrogen-bond acceptors (Lipinski definition) is 21. The molecule has 92 heavy (non-hydrogen) atoms. The number of benzene rings is 5. The Labute approximate surface area is 529 Å². The maximum absolute atomic E-state index is 13.6. The number of hydrogen-bond donors (Lipinski definition) is 6. The van der Waals surface area contributed by atoms with Gasteiger partial charge in [-0.1, -0.05) is 24.3 Å². The zero-order valence-electron chi connectivity index (χ0n) is 49.3. The second-order valence-electron chi connectivity index (χ2n) is 22.1. The summed E-state index contributed by atoms with van der Waals surface area (Å²) in [5, 5.41) is 2.22. The van der Waals surface area contributed by atoms with Crippen LogP contribution in [0, 0.1) is 0 Å². The van der Waals surface area contributed by atoms with Gasteiger partial charge in [0, 0.05) is 111 Å². The van der Waals surface area contributed by atoms with E-state index in [9.17, 15) is 97.0 Å². The third-order valence-corrected chi connectivity index (χ3v) is 21.0. The molecule has 1 fully saturated rings. The molecule has 5 aromatic carbocycles. The van der Waals surface area contributed by atoms with Gasteiger partial charge in [-0.05, 0) is 121 Å². The van der Waals surface area contributed by atoms with Gasteiger partial charge in [-0.2, -0.15) is 46.7 Å². The minimum Gasteiger partial charge on any atom is -0.744 e. The minimum absolute atomic E-state index is 0.00221. The van der Waals surface area contributed by atoms with Crippen molar-refractivity contribution in [3.05, 3.63) is 125 Å². The number of allylic oxidation sites excluding steroid dienone is 6. The zero-order valence-corrected chi connectivity index (χ0v) is 54.2. The summed E-state index contributed by atoms with van der Waals surface area (Å²) < 4.78 is 228. The maximum atomic E-state index is 13.6. The minimum atomic E-state index is -5.48. The number of nitrogens with zero attached hydrogens (tertiary/aromatic N) is 3. The molecule has 3 amide bonds. The Bertz CT molecular complexity index is 4720. The highest BCUT2D eigenvalue weighted by Gasteiger charge is 2.50. The van der Waals surface area contributed by atoms with E-state index in [-0.39, 0.29) is 132 Å². The van der Waals surface area contributed by atoms with E-state index >= 15 is 0 Å². The number of fused-ring (bicyclic) bond motifs is 6. The number of imide groups is 1. The highest BCUT2D eigenvalue weighted by Crippen LogP contribution is 2.54. The number of hydroxylamine groups is 2. The van der Waals surface area contributed by atoms with Gasteiger partial charge in [0.25, 0.3) is 68.3 Å². The predicted molar refractivity (Wildman–Crippen MR) is 328 cm³/mol. The summed E-state index contributed by atoms with van der Waals surface area (Å²) in [7, 11) is -27.6. The summed E-state index contributed by atoms with van der Waals surface area (Å²) in [6, 6.07) is 14.2. The number of methoxy groups -OCH3 is 2. The third-order valence-electron chi connectivity index (χ3n) is 16.0. The van der Waals surface area contributed by atoms with Crippen LogP contribution in [0.2, 0.25) is 0 Å². The van der Waals surface area contributed by atoms with Gasteiger partial charge in [-0.15, -0.1) is 5.06 Å². The Kier molecular flexibility index (Phi) is 20.5. The van der Waals surface area contributed by atoms with Crippen LogP contribution >= 0.6 is 0 Å². The van der Waals surface area contributed by atoms with Crippen molar-refractivity contribution >= 4 is 129 Å². The molecule has 0 aromatic heterocycles. The molecule has 5 aromatic rings. The lowest BCUT2D eigenvalue weighted by Gasteiger charge is -2.30. The van der Waals surface area contributed by atoms with E-state index in [0.717, 1.165) is 12.1 Å². The fourth-order valence-electron chi connectivity index (χ4n) is 11.7. The van der Waals surface area contributed by atoms with Crippen molar-refractivity contribution in [3.8, 4) is 0 Å². The van der Waals surface area contributed by atoms with Crippen LogP contribution in [0.3, 0.4) is 0 Å². The lowest BCUT2D eigenvalue weighted by molar-refractivity contribution is -0.437. The van der Waals surface area contributed by atoms with Crippen molar-refractivity contribution in [2.75, 3.05) is 63.5 Å². The zero-order chi connectivity index (χ0) is 67.9. The molecule has 3 aliphatic heterocycles. The van der Waals surface area contributed by atoms with Gasteiger partial charge in [0.05, 0.1) is 38.0 Å². The van der Waals surface area contributed by atoms with Gasteiger partial charge in [0.15, 0.2) is 5.71 Å². The van der Waals surface area contributed by atoms with Crippen LogP contribution in [0.4, 0.5) is 11.4 Å². The SMILES string of the molecule is COCCC1(C)C(/C=C/C(=C/C=C2/N(CCCS(=O)(=O)O)c3ccc4c(S(=O)(=O)O)cc(S(=O)(=O)O)cc4c3C2(C)CCOC)c2ccc(C(=O)NCCC(=O)ON3C(=O)CCC3=O)cc2)=[N+](CCCS(=O)(=O)O)c2ccc3c(S(=O)(=O)[O-])cc(S(=O)(=O)O)cc3c21. The molecule has 2 atom stereocenters. The van der Waals surface area contributed by atoms with Crippen molar-refractivity contribution in [2.24, 2.45) is 0 Å². The fraction of sp³-hybridized carbons (Fsp3) is 0.351. The Morgan fingerprint density at radius 2 is 1.20 bits per heavy atom. The number of ether oxygens (including phenoxy) is 2. The Morgan fingerprint density at radius 1 is 0.663 bits per heavy atom. The standard InChI is InChI=1S/C57H62N4O25S6/c1-56(22-27-84-3)48(59(25-5-29-87(66,67)68)44-15-13-40-42(53(44)56)31-38(89(72,73)74)33-46(40)91(78,79)80)17-11-36(35-7-9-37(10-8-35)55(65)58-24-21-52(64)86-61-50(62)19-20-51(61)63)12-18-49-57(2,23-28-85-4)54-43-32-39(90(75,76)77)34-47(92(81,82)83)41(43)14-16-45(54)60(49)26-6-30-88(69,70)71/h7-18,31-34H,5-6,19-30H2,1-4H3,(H6-,58,65,66,67,68,69,70,71,72,73,74,75,76,77,78,79,80,81,82,83). The van der Waals surface area contributed by atoms with E-state index in [1.807, 2.05) is 0 Å². The lowest BCUT2D eigenvalue weighted by Crippen LogP contribution is -2.33. The van der Waals surface area contributed by atoms with Gasteiger partial charge in [0.1, 0.15) is 21.6 Å². The van der Waals surface area contributed by atoms with Crippen LogP contribution in [0.15, 0.2) is 122 Å². The summed E-state index contributed by atoms with van der Waals surface area (Å²) in [6.45, 7) is 2.48. The second-order valence-corrected chi connectivity index (χ2v) is 30.8. The molecule has 0 bridgehead atoms. The van der Waals surface area contributed by atoms with E-state index in [1.165, 1.54) is 62.8 Å². The molecule has 3 heterocycles. The average Bonchev–Trinajstić information content (AvgIpc) is 1.64. The van der Waals surface area contributed by atoms with Crippen molar-refractivity contribution in [1.29, 1.82) is 0 Å². The normalized spacial score (nSPS) is 18.9. The van der Waals surface area contributed by atoms with Gasteiger partial charge in [0.2, 0.25) is 5.69 Å². The molecule has 2 unspecified atom stereocenters. The second kappa shape index (κ2) is 26.6. The Balaban J connectivity index is 1.37. The molecular formula is C57H62N4O25S6. The predicted octanol–water partition coefficient (Wildman–Crippen LogP) is 4.65. The van der Waals surface area contributed by atoms with E-state index in [1.54, 1.807) is 47.6 Å². The van der Waals surface area contributed by atoms with E-state index < -0.39 is 133 Å². The van der Waals surface area contributed by atoms with Crippen LogP contribution in [0.25, 0.3) is 27.1 Å². The molecule has 0 spiro atoms. The van der Waals surface area contributed by atoms with E-state index in [4.69, 9.17) is 14.3 Å². The topological polar surface area (TPSA) is 447 Å². The van der Waals surface area contributed by atoms with Crippen molar-refractivity contribution in [2.45, 2.75) is 89.2 Å². The van der Waals surface area contributed by atoms with Crippen LogP contribution < -0.4 is 10.2 Å². The molecule has 0 aliphatic carbocycles. The number of amides is 3. The third kappa shape index (κ3) is 15.4. The molecule has 35 heteroatoms. The first-order valence-electron chi connectivity index (χ1n) is 27.7. The monoisotopic (exact) mass is 1390 g/mol. The highest BCUT2D eigenvalue weighted by atomic mass is 32.2. The van der Waals surface area contributed by atoms with E-state index in [0.29, 0.717) is 28.5 Å². The molecule has 0 saturated carbocycles. The van der Waals surface area contributed by atoms with Crippen LogP contribution in [0.1, 0.15) is 85.8 Å². The molecule has 3 aliphatic rings. The van der Waals surface area contributed by atoms with Crippen LogP contribution in [-0.2, 0) is 100 Å². The van der Waals surface area contributed by atoms with Gasteiger partial charge in [-0.25, -0.2) is 13.2 Å². The first-order valence-corrected chi connectivity index (χ1v) is 36.6. The molecule has 6 N–H and O–H groups in total. The molecule has 1 saturated heterocycles. The first kappa shape index (κ1) is 70.6. The van der Waals surface area contributed by atoms with Gasteiger partial charge in [-0.3, -0.25) is 37.1 Å². The summed E-state index contributed by atoms with van der Waals surface area (Å²) in [4.78, 5) is 52.8. The average molecular weight is 1400 g/mol. The van der Waals surface area contributed by atoms with Crippen molar-refractivity contribution in [1.82, 2.24) is 10.4 Å². The molecule has 29 nitrogen and oxygen atoms in total. The highest BCUT2D eigenvalue weighted by molar-refractivity contribution is 7.87.